The molecular weight excluding hydrogens is 408 g/mol. The summed E-state index contributed by atoms with van der Waals surface area (Å²) in [5, 5.41) is 4.47. The summed E-state index contributed by atoms with van der Waals surface area (Å²) >= 11 is 1.36. The highest BCUT2D eigenvalue weighted by Crippen LogP contribution is 2.34. The number of carbonyl (C=O) groups is 1. The zero-order valence-corrected chi connectivity index (χ0v) is 17.1. The number of anilines is 1. The second kappa shape index (κ2) is 8.01. The van der Waals surface area contributed by atoms with Crippen molar-refractivity contribution in [3.8, 4) is 21.8 Å². The Morgan fingerprint density at radius 1 is 0.839 bits per heavy atom. The van der Waals surface area contributed by atoms with Crippen LogP contribution in [0.5, 0.6) is 0 Å². The van der Waals surface area contributed by atoms with Crippen LogP contribution in [0.3, 0.4) is 0 Å². The van der Waals surface area contributed by atoms with Gasteiger partial charge in [0.2, 0.25) is 0 Å². The Morgan fingerprint density at radius 2 is 1.55 bits per heavy atom. The first-order valence-electron chi connectivity index (χ1n) is 9.64. The van der Waals surface area contributed by atoms with Gasteiger partial charge in [-0.05, 0) is 24.3 Å². The first-order valence-corrected chi connectivity index (χ1v) is 10.5. The van der Waals surface area contributed by atoms with Gasteiger partial charge in [-0.25, -0.2) is 9.78 Å². The molecule has 0 fully saturated rings. The molecule has 1 N–H and O–H groups in total. The third kappa shape index (κ3) is 3.89. The molecule has 0 aliphatic heterocycles. The molecule has 6 heteroatoms. The normalized spacial score (nSPS) is 10.8. The van der Waals surface area contributed by atoms with Gasteiger partial charge in [-0.3, -0.25) is 4.79 Å². The van der Waals surface area contributed by atoms with E-state index in [1.54, 1.807) is 24.3 Å². The Bertz CT molecular complexity index is 1440. The monoisotopic (exact) mass is 424 g/mol. The maximum atomic E-state index is 13.2. The van der Waals surface area contributed by atoms with Crippen LogP contribution >= 0.6 is 11.3 Å². The minimum Gasteiger partial charge on any atom is -0.423 e. The molecule has 0 unspecified atom stereocenters. The van der Waals surface area contributed by atoms with E-state index in [0.717, 1.165) is 21.5 Å². The number of amides is 1. The van der Waals surface area contributed by atoms with E-state index in [0.29, 0.717) is 21.8 Å². The summed E-state index contributed by atoms with van der Waals surface area (Å²) < 4.78 is 5.16. The van der Waals surface area contributed by atoms with Gasteiger partial charge in [-0.1, -0.05) is 60.7 Å². The van der Waals surface area contributed by atoms with E-state index in [4.69, 9.17) is 9.40 Å². The van der Waals surface area contributed by atoms with Crippen LogP contribution in [0.15, 0.2) is 100 Å². The van der Waals surface area contributed by atoms with Gasteiger partial charge in [0, 0.05) is 28.3 Å². The van der Waals surface area contributed by atoms with Crippen LogP contribution in [0.1, 0.15) is 9.67 Å². The zero-order chi connectivity index (χ0) is 21.2. The Morgan fingerprint density at radius 3 is 2.29 bits per heavy atom. The highest BCUT2D eigenvalue weighted by molar-refractivity contribution is 7.17. The maximum absolute atomic E-state index is 13.2. The minimum absolute atomic E-state index is 0.240. The number of rotatable bonds is 4. The van der Waals surface area contributed by atoms with Crippen LogP contribution in [0.25, 0.3) is 32.8 Å². The smallest absolute Gasteiger partial charge is 0.336 e. The van der Waals surface area contributed by atoms with Crippen LogP contribution in [-0.2, 0) is 0 Å². The molecule has 5 nitrogen and oxygen atoms in total. The summed E-state index contributed by atoms with van der Waals surface area (Å²) in [6, 6.07) is 27.7. The average Bonchev–Trinajstić information content (AvgIpc) is 3.26. The summed E-state index contributed by atoms with van der Waals surface area (Å²) in [6.07, 6.45) is 0. The fraction of sp³-hybridized carbons (Fsp3) is 0. The van der Waals surface area contributed by atoms with Crippen LogP contribution in [0.2, 0.25) is 0 Å². The number of fused-ring (bicyclic) bond motifs is 1. The molecule has 0 spiro atoms. The summed E-state index contributed by atoms with van der Waals surface area (Å²) in [4.78, 5) is 29.9. The molecule has 0 radical (unpaired) electrons. The Labute approximate surface area is 181 Å². The number of carbonyl (C=O) groups excluding carboxylic acids is 1. The van der Waals surface area contributed by atoms with Crippen molar-refractivity contribution >= 4 is 33.9 Å². The van der Waals surface area contributed by atoms with Gasteiger partial charge in [0.15, 0.2) is 0 Å². The third-order valence-electron chi connectivity index (χ3n) is 4.78. The van der Waals surface area contributed by atoms with Crippen LogP contribution in [-0.4, -0.2) is 10.9 Å². The quantitative estimate of drug-likeness (QED) is 0.368. The number of hydrogen-bond donors (Lipinski definition) is 1. The first kappa shape index (κ1) is 19.0. The second-order valence-electron chi connectivity index (χ2n) is 6.89. The molecule has 5 rings (SSSR count). The lowest BCUT2D eigenvalue weighted by atomic mass is 10.1. The summed E-state index contributed by atoms with van der Waals surface area (Å²) in [7, 11) is 0. The third-order valence-corrected chi connectivity index (χ3v) is 5.88. The highest BCUT2D eigenvalue weighted by atomic mass is 32.1. The number of aromatic nitrogens is 1. The Kier molecular flexibility index (Phi) is 4.90. The van der Waals surface area contributed by atoms with Crippen LogP contribution in [0.4, 0.5) is 5.69 Å². The van der Waals surface area contributed by atoms with Crippen molar-refractivity contribution in [2.75, 3.05) is 5.32 Å². The van der Waals surface area contributed by atoms with Gasteiger partial charge < -0.3 is 9.73 Å². The molecule has 5 aromatic rings. The summed E-state index contributed by atoms with van der Waals surface area (Å²) in [5.74, 6) is -0.240. The molecule has 3 aromatic carbocycles. The number of hydrogen-bond acceptors (Lipinski definition) is 5. The lowest BCUT2D eigenvalue weighted by Gasteiger charge is -2.06. The van der Waals surface area contributed by atoms with Crippen molar-refractivity contribution in [2.45, 2.75) is 0 Å². The molecule has 0 bridgehead atoms. The van der Waals surface area contributed by atoms with E-state index in [-0.39, 0.29) is 5.91 Å². The van der Waals surface area contributed by atoms with Crippen molar-refractivity contribution < 1.29 is 9.21 Å². The minimum atomic E-state index is -0.408. The zero-order valence-electron chi connectivity index (χ0n) is 16.2. The average molecular weight is 424 g/mol. The van der Waals surface area contributed by atoms with Crippen molar-refractivity contribution in [2.24, 2.45) is 0 Å². The number of benzene rings is 3. The van der Waals surface area contributed by atoms with Gasteiger partial charge in [0.25, 0.3) is 5.91 Å². The maximum Gasteiger partial charge on any atom is 0.336 e. The van der Waals surface area contributed by atoms with Crippen LogP contribution < -0.4 is 10.9 Å². The predicted octanol–water partition coefficient (Wildman–Crippen LogP) is 5.84. The van der Waals surface area contributed by atoms with Crippen molar-refractivity contribution in [1.82, 2.24) is 4.98 Å². The van der Waals surface area contributed by atoms with Crippen molar-refractivity contribution in [3.05, 3.63) is 106 Å². The largest absolute Gasteiger partial charge is 0.423 e. The van der Waals surface area contributed by atoms with Crippen molar-refractivity contribution in [3.63, 3.8) is 0 Å². The molecule has 0 aliphatic rings. The van der Waals surface area contributed by atoms with Crippen molar-refractivity contribution in [1.29, 1.82) is 0 Å². The molecule has 0 saturated heterocycles. The number of thiazole rings is 1. The van der Waals surface area contributed by atoms with E-state index < -0.39 is 5.63 Å². The van der Waals surface area contributed by atoms with Gasteiger partial charge in [0.1, 0.15) is 15.5 Å². The van der Waals surface area contributed by atoms with E-state index in [2.05, 4.69) is 5.32 Å². The van der Waals surface area contributed by atoms with E-state index >= 15 is 0 Å². The second-order valence-corrected chi connectivity index (χ2v) is 7.89. The lowest BCUT2D eigenvalue weighted by Crippen LogP contribution is -2.11. The fourth-order valence-corrected chi connectivity index (χ4v) is 4.30. The summed E-state index contributed by atoms with van der Waals surface area (Å²) in [5.41, 5.74) is 3.17. The molecule has 0 aliphatic carbocycles. The summed E-state index contributed by atoms with van der Waals surface area (Å²) in [6.45, 7) is 0. The number of nitrogens with zero attached hydrogens (tertiary/aromatic N) is 1. The molecule has 1 amide bonds. The molecule has 0 atom stereocenters. The molecule has 150 valence electrons. The molecule has 2 aromatic heterocycles. The highest BCUT2D eigenvalue weighted by Gasteiger charge is 2.20. The van der Waals surface area contributed by atoms with Crippen LogP contribution in [0, 0.1) is 0 Å². The molecular formula is C25H16N2O3S. The van der Waals surface area contributed by atoms with E-state index in [9.17, 15) is 9.59 Å². The predicted molar refractivity (Wildman–Crippen MR) is 123 cm³/mol. The lowest BCUT2D eigenvalue weighted by molar-refractivity contribution is 0.103. The van der Waals surface area contributed by atoms with Gasteiger partial charge >= 0.3 is 5.63 Å². The Hall–Kier alpha value is -4.03. The molecule has 0 saturated carbocycles. The van der Waals surface area contributed by atoms with E-state index in [1.165, 1.54) is 17.4 Å². The number of nitrogens with one attached hydrogen (secondary N) is 1. The first-order chi connectivity index (χ1) is 15.2. The standard InChI is InChI=1S/C25H16N2O3S/c28-21-14-11-18-15-19(12-13-20(18)30-21)26-24(29)23-22(16-7-3-1-4-8-16)27-25(31-23)17-9-5-2-6-10-17/h1-15H,(H,26,29). The fourth-order valence-electron chi connectivity index (χ4n) is 3.31. The van der Waals surface area contributed by atoms with E-state index in [1.807, 2.05) is 60.7 Å². The molecule has 2 heterocycles. The topological polar surface area (TPSA) is 72.2 Å². The van der Waals surface area contributed by atoms with Gasteiger partial charge in [-0.2, -0.15) is 0 Å². The van der Waals surface area contributed by atoms with Gasteiger partial charge in [0.05, 0.1) is 5.69 Å². The Balaban J connectivity index is 1.54. The SMILES string of the molecule is O=C(Nc1ccc2oc(=O)ccc2c1)c1sc(-c2ccccc2)nc1-c1ccccc1. The van der Waals surface area contributed by atoms with Gasteiger partial charge in [-0.15, -0.1) is 11.3 Å². The molecule has 31 heavy (non-hydrogen) atoms.